The summed E-state index contributed by atoms with van der Waals surface area (Å²) in [7, 11) is 0. The molecule has 39 heavy (non-hydrogen) atoms. The Balaban J connectivity index is 1.48. The number of nitrogens with zero attached hydrogens (tertiary/aromatic N) is 1. The summed E-state index contributed by atoms with van der Waals surface area (Å²) in [5, 5.41) is 9.90. The molecule has 1 aromatic heterocycles. The summed E-state index contributed by atoms with van der Waals surface area (Å²) in [6.07, 6.45) is 3.43. The van der Waals surface area contributed by atoms with Crippen LogP contribution >= 0.6 is 0 Å². The molecule has 0 radical (unpaired) electrons. The number of para-hydroxylation sites is 1. The van der Waals surface area contributed by atoms with Gasteiger partial charge in [-0.3, -0.25) is 4.79 Å². The summed E-state index contributed by atoms with van der Waals surface area (Å²) in [5.41, 5.74) is 1.75. The second kappa shape index (κ2) is 16.6. The Hall–Kier alpha value is -2.51. The summed E-state index contributed by atoms with van der Waals surface area (Å²) < 4.78 is 45.4. The molecule has 11 nitrogen and oxygen atoms in total. The fourth-order valence-electron chi connectivity index (χ4n) is 4.40. The average Bonchev–Trinajstić information content (AvgIpc) is 3.39. The minimum absolute atomic E-state index is 0.0553. The molecule has 1 aromatic carbocycles. The number of carbonyl (C=O) groups is 1. The molecular weight excluding hydrogens is 510 g/mol. The molecule has 2 unspecified atom stereocenters. The van der Waals surface area contributed by atoms with Crippen LogP contribution in [0, 0.1) is 0 Å². The highest BCUT2D eigenvalue weighted by atomic mass is 16.7. The molecule has 2 atom stereocenters. The van der Waals surface area contributed by atoms with Crippen LogP contribution in [0.25, 0.3) is 11.0 Å². The van der Waals surface area contributed by atoms with Crippen molar-refractivity contribution in [2.75, 3.05) is 92.4 Å². The number of amides is 1. The lowest BCUT2D eigenvalue weighted by Gasteiger charge is -2.31. The van der Waals surface area contributed by atoms with Crippen LogP contribution in [-0.4, -0.2) is 115 Å². The predicted octanol–water partition coefficient (Wildman–Crippen LogP) is 2.08. The van der Waals surface area contributed by atoms with Crippen molar-refractivity contribution in [1.29, 1.82) is 0 Å². The van der Waals surface area contributed by atoms with Crippen molar-refractivity contribution in [3.63, 3.8) is 0 Å². The standard InChI is InChI=1S/C28H39NO10/c30-7-10-34-17-18-37-27-20-22(24-21-38-25-4-2-1-3-23(24)25)19-26(39-27)28(31)29-5-8-32-11-13-35-15-16-36-14-12-33-9-6-29/h1-4,19,21-22,27,30H,5-18,20H2. The van der Waals surface area contributed by atoms with Crippen molar-refractivity contribution in [1.82, 2.24) is 4.90 Å². The second-order valence-electron chi connectivity index (χ2n) is 9.06. The Labute approximate surface area is 228 Å². The highest BCUT2D eigenvalue weighted by molar-refractivity contribution is 5.92. The second-order valence-corrected chi connectivity index (χ2v) is 9.06. The third-order valence-corrected chi connectivity index (χ3v) is 6.36. The molecule has 1 fully saturated rings. The number of hydrogen-bond donors (Lipinski definition) is 1. The van der Waals surface area contributed by atoms with E-state index in [1.807, 2.05) is 30.3 Å². The molecule has 216 valence electrons. The van der Waals surface area contributed by atoms with Gasteiger partial charge >= 0.3 is 0 Å². The lowest BCUT2D eigenvalue weighted by molar-refractivity contribution is -0.157. The first-order valence-electron chi connectivity index (χ1n) is 13.5. The molecule has 11 heteroatoms. The van der Waals surface area contributed by atoms with Gasteiger partial charge in [-0.15, -0.1) is 0 Å². The molecule has 1 N–H and O–H groups in total. The van der Waals surface area contributed by atoms with Gasteiger partial charge in [0.25, 0.3) is 5.91 Å². The minimum atomic E-state index is -0.657. The number of aliphatic hydroxyl groups excluding tert-OH is 1. The molecule has 0 bridgehead atoms. The molecular formula is C28H39NO10. The molecule has 2 aliphatic rings. The lowest BCUT2D eigenvalue weighted by atomic mass is 9.92. The lowest BCUT2D eigenvalue weighted by Crippen LogP contribution is -2.40. The molecule has 2 aromatic rings. The van der Waals surface area contributed by atoms with Gasteiger partial charge < -0.3 is 47.6 Å². The smallest absolute Gasteiger partial charge is 0.288 e. The van der Waals surface area contributed by atoms with E-state index in [1.54, 1.807) is 11.2 Å². The molecule has 3 heterocycles. The van der Waals surface area contributed by atoms with Crippen molar-refractivity contribution in [3.05, 3.63) is 47.9 Å². The van der Waals surface area contributed by atoms with Crippen LogP contribution in [0.1, 0.15) is 17.9 Å². The van der Waals surface area contributed by atoms with Gasteiger partial charge in [-0.2, -0.15) is 0 Å². The zero-order chi connectivity index (χ0) is 27.1. The van der Waals surface area contributed by atoms with Crippen LogP contribution in [0.2, 0.25) is 0 Å². The molecule has 2 aliphatic heterocycles. The highest BCUT2D eigenvalue weighted by Crippen LogP contribution is 2.36. The zero-order valence-electron chi connectivity index (χ0n) is 22.3. The van der Waals surface area contributed by atoms with E-state index in [1.165, 1.54) is 0 Å². The van der Waals surface area contributed by atoms with E-state index in [9.17, 15) is 4.79 Å². The van der Waals surface area contributed by atoms with Crippen LogP contribution in [0.15, 0.2) is 46.8 Å². The normalized spacial score (nSPS) is 22.5. The van der Waals surface area contributed by atoms with Gasteiger partial charge in [0.05, 0.1) is 85.5 Å². The number of aliphatic hydroxyl groups is 1. The Bertz CT molecular complexity index is 1010. The van der Waals surface area contributed by atoms with Crippen molar-refractivity contribution in [2.45, 2.75) is 18.6 Å². The molecule has 1 amide bonds. The molecule has 0 saturated carbocycles. The number of furan rings is 1. The monoisotopic (exact) mass is 549 g/mol. The third kappa shape index (κ3) is 9.28. The highest BCUT2D eigenvalue weighted by Gasteiger charge is 2.32. The first-order chi connectivity index (χ1) is 19.3. The Morgan fingerprint density at radius 1 is 0.897 bits per heavy atom. The quantitative estimate of drug-likeness (QED) is 0.491. The number of benzene rings is 1. The van der Waals surface area contributed by atoms with Crippen LogP contribution in [0.3, 0.4) is 0 Å². The van der Waals surface area contributed by atoms with E-state index in [0.717, 1.165) is 16.5 Å². The Kier molecular flexibility index (Phi) is 12.5. The van der Waals surface area contributed by atoms with E-state index < -0.39 is 6.29 Å². The molecule has 1 saturated heterocycles. The number of allylic oxidation sites excluding steroid dienone is 1. The van der Waals surface area contributed by atoms with Crippen LogP contribution in [0.5, 0.6) is 0 Å². The van der Waals surface area contributed by atoms with Gasteiger partial charge in [0.2, 0.25) is 6.29 Å². The number of rotatable bonds is 8. The fourth-order valence-corrected chi connectivity index (χ4v) is 4.40. The van der Waals surface area contributed by atoms with E-state index in [2.05, 4.69) is 0 Å². The molecule has 0 aliphatic carbocycles. The minimum Gasteiger partial charge on any atom is -0.464 e. The van der Waals surface area contributed by atoms with Crippen molar-refractivity contribution >= 4 is 16.9 Å². The zero-order valence-corrected chi connectivity index (χ0v) is 22.3. The molecule has 0 spiro atoms. The van der Waals surface area contributed by atoms with Crippen LogP contribution < -0.4 is 0 Å². The topological polar surface area (TPSA) is 118 Å². The average molecular weight is 550 g/mol. The van der Waals surface area contributed by atoms with E-state index in [-0.39, 0.29) is 37.4 Å². The summed E-state index contributed by atoms with van der Waals surface area (Å²) in [6.45, 7) is 5.01. The van der Waals surface area contributed by atoms with E-state index in [4.69, 9.17) is 42.7 Å². The van der Waals surface area contributed by atoms with Crippen molar-refractivity contribution < 1.29 is 47.5 Å². The fraction of sp³-hybridized carbons (Fsp3) is 0.607. The van der Waals surface area contributed by atoms with Crippen molar-refractivity contribution in [2.24, 2.45) is 0 Å². The van der Waals surface area contributed by atoms with Gasteiger partial charge in [-0.1, -0.05) is 18.2 Å². The van der Waals surface area contributed by atoms with Gasteiger partial charge in [0.1, 0.15) is 5.58 Å². The van der Waals surface area contributed by atoms with Crippen LogP contribution in [0.4, 0.5) is 0 Å². The number of hydrogen-bond acceptors (Lipinski definition) is 10. The Morgan fingerprint density at radius 2 is 1.56 bits per heavy atom. The van der Waals surface area contributed by atoms with E-state index >= 15 is 0 Å². The summed E-state index contributed by atoms with van der Waals surface area (Å²) in [4.78, 5) is 15.4. The number of fused-ring (bicyclic) bond motifs is 1. The largest absolute Gasteiger partial charge is 0.464 e. The van der Waals surface area contributed by atoms with Gasteiger partial charge in [0, 0.05) is 36.4 Å². The van der Waals surface area contributed by atoms with E-state index in [0.29, 0.717) is 79.0 Å². The maximum Gasteiger partial charge on any atom is 0.288 e. The Morgan fingerprint density at radius 3 is 2.26 bits per heavy atom. The summed E-state index contributed by atoms with van der Waals surface area (Å²) in [6, 6.07) is 7.80. The van der Waals surface area contributed by atoms with Crippen molar-refractivity contribution in [3.8, 4) is 0 Å². The first kappa shape index (κ1) is 29.5. The van der Waals surface area contributed by atoms with Crippen LogP contribution in [-0.2, 0) is 38.0 Å². The molecule has 4 rings (SSSR count). The van der Waals surface area contributed by atoms with Gasteiger partial charge in [-0.25, -0.2) is 0 Å². The third-order valence-electron chi connectivity index (χ3n) is 6.36. The SMILES string of the molecule is O=C(C1=CC(c2coc3ccccc23)CC(OCCOCCO)O1)N1CCOCCOCCOCCOCC1. The summed E-state index contributed by atoms with van der Waals surface area (Å²) >= 11 is 0. The number of carbonyl (C=O) groups excluding carboxylic acids is 1. The first-order valence-corrected chi connectivity index (χ1v) is 13.5. The summed E-state index contributed by atoms with van der Waals surface area (Å²) in [5.74, 6) is -0.209. The van der Waals surface area contributed by atoms with Gasteiger partial charge in [0.15, 0.2) is 5.76 Å². The predicted molar refractivity (Wildman–Crippen MR) is 140 cm³/mol. The number of ether oxygens (including phenoxy) is 7. The maximum absolute atomic E-state index is 13.7. The maximum atomic E-state index is 13.7. The van der Waals surface area contributed by atoms with Gasteiger partial charge in [-0.05, 0) is 12.1 Å².